The highest BCUT2D eigenvalue weighted by Gasteiger charge is 2.19. The summed E-state index contributed by atoms with van der Waals surface area (Å²) in [5.41, 5.74) is 7.28. The minimum Gasteiger partial charge on any atom is -0.324 e. The molecule has 0 amide bonds. The lowest BCUT2D eigenvalue weighted by molar-refractivity contribution is 0.535. The van der Waals surface area contributed by atoms with Crippen molar-refractivity contribution in [3.63, 3.8) is 0 Å². The highest BCUT2D eigenvalue weighted by Crippen LogP contribution is 2.26. The van der Waals surface area contributed by atoms with Gasteiger partial charge in [0.1, 0.15) is 11.3 Å². The molecule has 0 saturated carbocycles. The molecule has 92 valence electrons. The highest BCUT2D eigenvalue weighted by molar-refractivity contribution is 5.77. The highest BCUT2D eigenvalue weighted by atomic mass is 19.1. The maximum atomic E-state index is 13.7. The monoisotopic (exact) mass is 235 g/mol. The lowest BCUT2D eigenvalue weighted by Crippen LogP contribution is -2.17. The van der Waals surface area contributed by atoms with E-state index in [1.54, 1.807) is 6.07 Å². The van der Waals surface area contributed by atoms with Crippen LogP contribution in [0.4, 0.5) is 4.39 Å². The van der Waals surface area contributed by atoms with Crippen LogP contribution >= 0.6 is 0 Å². The number of nitrogens with two attached hydrogens (primary N) is 1. The Morgan fingerprint density at radius 1 is 1.41 bits per heavy atom. The number of rotatable bonds is 3. The molecule has 4 heteroatoms. The van der Waals surface area contributed by atoms with Gasteiger partial charge in [0, 0.05) is 6.04 Å². The van der Waals surface area contributed by atoms with Crippen LogP contribution in [0.1, 0.15) is 45.1 Å². The summed E-state index contributed by atoms with van der Waals surface area (Å²) in [6.45, 7) is 6.11. The molecular weight excluding hydrogens is 217 g/mol. The average molecular weight is 235 g/mol. The molecule has 0 fully saturated rings. The van der Waals surface area contributed by atoms with Crippen molar-refractivity contribution in [3.8, 4) is 0 Å². The summed E-state index contributed by atoms with van der Waals surface area (Å²) in [5, 5.41) is 0. The molecule has 1 heterocycles. The van der Waals surface area contributed by atoms with Crippen LogP contribution in [0.3, 0.4) is 0 Å². The summed E-state index contributed by atoms with van der Waals surface area (Å²) in [5.74, 6) is 0.481. The summed E-state index contributed by atoms with van der Waals surface area (Å²) >= 11 is 0. The number of fused-ring (bicyclic) bond motifs is 1. The number of aromatic nitrogens is 2. The van der Waals surface area contributed by atoms with Crippen molar-refractivity contribution >= 4 is 11.0 Å². The Bertz CT molecular complexity index is 531. The van der Waals surface area contributed by atoms with E-state index < -0.39 is 0 Å². The van der Waals surface area contributed by atoms with Crippen molar-refractivity contribution in [1.29, 1.82) is 0 Å². The van der Waals surface area contributed by atoms with Gasteiger partial charge in [-0.25, -0.2) is 9.37 Å². The van der Waals surface area contributed by atoms with Crippen LogP contribution < -0.4 is 5.73 Å². The Hall–Kier alpha value is -1.42. The normalized spacial score (nSPS) is 13.5. The summed E-state index contributed by atoms with van der Waals surface area (Å²) in [6, 6.07) is 5.09. The number of benzene rings is 1. The van der Waals surface area contributed by atoms with E-state index in [0.717, 1.165) is 17.8 Å². The van der Waals surface area contributed by atoms with E-state index in [1.165, 1.54) is 6.07 Å². The molecule has 0 aliphatic heterocycles. The number of nitrogens with zero attached hydrogens (tertiary/aromatic N) is 2. The fourth-order valence-electron chi connectivity index (χ4n) is 2.09. The third-order valence-electron chi connectivity index (χ3n) is 2.99. The van der Waals surface area contributed by atoms with Gasteiger partial charge in [-0.2, -0.15) is 0 Å². The predicted molar refractivity (Wildman–Crippen MR) is 67.3 cm³/mol. The van der Waals surface area contributed by atoms with Crippen LogP contribution in [-0.4, -0.2) is 9.55 Å². The smallest absolute Gasteiger partial charge is 0.151 e. The van der Waals surface area contributed by atoms with Crippen LogP contribution in [0.2, 0.25) is 0 Å². The molecule has 1 atom stereocenters. The molecule has 1 aromatic heterocycles. The second-order valence-electron chi connectivity index (χ2n) is 4.56. The SMILES string of the molecule is CCC(N)c1nc2c(F)cccc2n1C(C)C. The molecule has 2 N–H and O–H groups in total. The first-order chi connectivity index (χ1) is 8.06. The standard InChI is InChI=1S/C13H18FN3/c1-4-10(15)13-16-12-9(14)6-5-7-11(12)17(13)8(2)3/h5-8,10H,4,15H2,1-3H3. The van der Waals surface area contributed by atoms with Gasteiger partial charge < -0.3 is 10.3 Å². The van der Waals surface area contributed by atoms with E-state index in [2.05, 4.69) is 18.8 Å². The molecule has 17 heavy (non-hydrogen) atoms. The van der Waals surface area contributed by atoms with E-state index in [1.807, 2.05) is 17.6 Å². The first-order valence-electron chi connectivity index (χ1n) is 5.98. The maximum Gasteiger partial charge on any atom is 0.151 e. The first kappa shape index (κ1) is 12.0. The van der Waals surface area contributed by atoms with Gasteiger partial charge in [-0.3, -0.25) is 0 Å². The van der Waals surface area contributed by atoms with Crippen LogP contribution in [0.5, 0.6) is 0 Å². The van der Waals surface area contributed by atoms with E-state index in [4.69, 9.17) is 5.73 Å². The fraction of sp³-hybridized carbons (Fsp3) is 0.462. The van der Waals surface area contributed by atoms with Crippen molar-refractivity contribution in [3.05, 3.63) is 29.8 Å². The van der Waals surface area contributed by atoms with E-state index in [-0.39, 0.29) is 17.9 Å². The summed E-state index contributed by atoms with van der Waals surface area (Å²) < 4.78 is 15.7. The van der Waals surface area contributed by atoms with Gasteiger partial charge in [-0.15, -0.1) is 0 Å². The van der Waals surface area contributed by atoms with E-state index in [0.29, 0.717) is 5.52 Å². The molecule has 0 aliphatic rings. The lowest BCUT2D eigenvalue weighted by Gasteiger charge is -2.16. The third-order valence-corrected chi connectivity index (χ3v) is 2.99. The number of imidazole rings is 1. The topological polar surface area (TPSA) is 43.8 Å². The second-order valence-corrected chi connectivity index (χ2v) is 4.56. The van der Waals surface area contributed by atoms with Crippen molar-refractivity contribution in [2.75, 3.05) is 0 Å². The Labute approximate surface area is 100 Å². The molecule has 0 radical (unpaired) electrons. The van der Waals surface area contributed by atoms with Crippen molar-refractivity contribution in [1.82, 2.24) is 9.55 Å². The molecule has 0 bridgehead atoms. The minimum absolute atomic E-state index is 0.149. The van der Waals surface area contributed by atoms with Crippen molar-refractivity contribution in [2.24, 2.45) is 5.73 Å². The zero-order chi connectivity index (χ0) is 12.6. The van der Waals surface area contributed by atoms with Gasteiger partial charge in [-0.05, 0) is 32.4 Å². The van der Waals surface area contributed by atoms with Crippen LogP contribution in [-0.2, 0) is 0 Å². The quantitative estimate of drug-likeness (QED) is 0.888. The lowest BCUT2D eigenvalue weighted by atomic mass is 10.2. The molecule has 3 nitrogen and oxygen atoms in total. The number of para-hydroxylation sites is 1. The van der Waals surface area contributed by atoms with Crippen LogP contribution in [0.25, 0.3) is 11.0 Å². The molecular formula is C13H18FN3. The van der Waals surface area contributed by atoms with E-state index >= 15 is 0 Å². The molecule has 2 rings (SSSR count). The number of hydrogen-bond acceptors (Lipinski definition) is 2. The average Bonchev–Trinajstić information content (AvgIpc) is 2.68. The van der Waals surface area contributed by atoms with Gasteiger partial charge in [0.25, 0.3) is 0 Å². The Morgan fingerprint density at radius 2 is 2.12 bits per heavy atom. The van der Waals surface area contributed by atoms with Gasteiger partial charge in [0.05, 0.1) is 11.6 Å². The Morgan fingerprint density at radius 3 is 2.71 bits per heavy atom. The second kappa shape index (κ2) is 4.45. The summed E-state index contributed by atoms with van der Waals surface area (Å²) in [7, 11) is 0. The van der Waals surface area contributed by atoms with Crippen molar-refractivity contribution in [2.45, 2.75) is 39.3 Å². The number of halogens is 1. The Kier molecular flexibility index (Phi) is 3.15. The van der Waals surface area contributed by atoms with Crippen LogP contribution in [0, 0.1) is 5.82 Å². The molecule has 1 aromatic carbocycles. The molecule has 0 saturated heterocycles. The van der Waals surface area contributed by atoms with Gasteiger partial charge in [0.2, 0.25) is 0 Å². The molecule has 0 spiro atoms. The zero-order valence-corrected chi connectivity index (χ0v) is 10.4. The van der Waals surface area contributed by atoms with Crippen LogP contribution in [0.15, 0.2) is 18.2 Å². The molecule has 1 unspecified atom stereocenters. The minimum atomic E-state index is -0.286. The largest absolute Gasteiger partial charge is 0.324 e. The maximum absolute atomic E-state index is 13.7. The zero-order valence-electron chi connectivity index (χ0n) is 10.4. The fourth-order valence-corrected chi connectivity index (χ4v) is 2.09. The summed E-state index contributed by atoms with van der Waals surface area (Å²) in [6.07, 6.45) is 0.789. The van der Waals surface area contributed by atoms with Gasteiger partial charge in [0.15, 0.2) is 5.82 Å². The molecule has 2 aromatic rings. The first-order valence-corrected chi connectivity index (χ1v) is 5.98. The summed E-state index contributed by atoms with van der Waals surface area (Å²) in [4.78, 5) is 4.37. The van der Waals surface area contributed by atoms with Gasteiger partial charge in [-0.1, -0.05) is 13.0 Å². The van der Waals surface area contributed by atoms with Crippen molar-refractivity contribution < 1.29 is 4.39 Å². The third kappa shape index (κ3) is 1.93. The predicted octanol–water partition coefficient (Wildman–Crippen LogP) is 3.17. The number of hydrogen-bond donors (Lipinski definition) is 1. The van der Waals surface area contributed by atoms with E-state index in [9.17, 15) is 4.39 Å². The van der Waals surface area contributed by atoms with Gasteiger partial charge >= 0.3 is 0 Å². The molecule has 0 aliphatic carbocycles. The Balaban J connectivity index is 2.75.